The van der Waals surface area contributed by atoms with Gasteiger partial charge in [-0.05, 0) is 18.9 Å². The number of hydrogen-bond donors (Lipinski definition) is 2. The fraction of sp³-hybridized carbons (Fsp3) is 0.700. The highest BCUT2D eigenvalue weighted by Gasteiger charge is 2.00. The molecule has 0 spiro atoms. The lowest BCUT2D eigenvalue weighted by molar-refractivity contribution is -0.135. The van der Waals surface area contributed by atoms with Gasteiger partial charge in [-0.3, -0.25) is 0 Å². The van der Waals surface area contributed by atoms with E-state index in [1.807, 2.05) is 0 Å². The molecule has 13 heavy (non-hydrogen) atoms. The molecule has 0 bridgehead atoms. The van der Waals surface area contributed by atoms with Gasteiger partial charge in [0.2, 0.25) is 0 Å². The minimum absolute atomic E-state index is 0.532. The Labute approximate surface area is 79.1 Å². The van der Waals surface area contributed by atoms with Crippen LogP contribution in [0.5, 0.6) is 0 Å². The van der Waals surface area contributed by atoms with Crippen molar-refractivity contribution in [3.8, 4) is 0 Å². The third-order valence-corrected chi connectivity index (χ3v) is 1.86. The lowest BCUT2D eigenvalue weighted by Gasteiger charge is -1.96. The van der Waals surface area contributed by atoms with Gasteiger partial charge in [-0.15, -0.1) is 0 Å². The Morgan fingerprint density at radius 1 is 1.15 bits per heavy atom. The molecule has 3 nitrogen and oxygen atoms in total. The van der Waals surface area contributed by atoms with E-state index in [4.69, 9.17) is 10.2 Å². The van der Waals surface area contributed by atoms with E-state index >= 15 is 0 Å². The predicted octanol–water partition coefficient (Wildman–Crippen LogP) is 2.87. The Hall–Kier alpha value is -0.990. The maximum Gasteiger partial charge on any atom is 0.370 e. The molecule has 0 aliphatic carbocycles. The first-order chi connectivity index (χ1) is 6.18. The Bertz CT molecular complexity index is 173. The van der Waals surface area contributed by atoms with Crippen LogP contribution in [0.15, 0.2) is 11.8 Å². The highest BCUT2D eigenvalue weighted by molar-refractivity contribution is 5.83. The van der Waals surface area contributed by atoms with Gasteiger partial charge >= 0.3 is 5.97 Å². The monoisotopic (exact) mass is 186 g/mol. The van der Waals surface area contributed by atoms with E-state index in [9.17, 15) is 4.79 Å². The zero-order chi connectivity index (χ0) is 10.1. The molecule has 0 aromatic rings. The van der Waals surface area contributed by atoms with E-state index in [1.54, 1.807) is 0 Å². The number of carbonyl (C=O) groups is 1. The van der Waals surface area contributed by atoms with Crippen LogP contribution < -0.4 is 0 Å². The van der Waals surface area contributed by atoms with Gasteiger partial charge < -0.3 is 10.2 Å². The largest absolute Gasteiger partial charge is 0.502 e. The summed E-state index contributed by atoms with van der Waals surface area (Å²) in [7, 11) is 0. The predicted molar refractivity (Wildman–Crippen MR) is 51.7 cm³/mol. The van der Waals surface area contributed by atoms with Crippen molar-refractivity contribution in [2.24, 2.45) is 0 Å². The summed E-state index contributed by atoms with van der Waals surface area (Å²) in [5, 5.41) is 17.1. The SMILES string of the molecule is CCCCCCC/C=C(/O)C(=O)O. The number of aliphatic hydroxyl groups is 1. The lowest BCUT2D eigenvalue weighted by Crippen LogP contribution is -1.98. The van der Waals surface area contributed by atoms with Crippen molar-refractivity contribution in [3.63, 3.8) is 0 Å². The zero-order valence-electron chi connectivity index (χ0n) is 8.12. The van der Waals surface area contributed by atoms with Crippen LogP contribution in [0.2, 0.25) is 0 Å². The second-order valence-corrected chi connectivity index (χ2v) is 3.10. The minimum atomic E-state index is -1.24. The number of carboxylic acid groups (broad SMARTS) is 1. The molecule has 0 atom stereocenters. The van der Waals surface area contributed by atoms with Crippen LogP contribution in [0.1, 0.15) is 45.4 Å². The van der Waals surface area contributed by atoms with E-state index in [0.29, 0.717) is 6.42 Å². The molecular weight excluding hydrogens is 168 g/mol. The molecule has 0 heterocycles. The van der Waals surface area contributed by atoms with Crippen LogP contribution in [0, 0.1) is 0 Å². The Morgan fingerprint density at radius 2 is 1.77 bits per heavy atom. The number of hydrogen-bond acceptors (Lipinski definition) is 2. The molecule has 0 aromatic heterocycles. The highest BCUT2D eigenvalue weighted by Crippen LogP contribution is 2.06. The van der Waals surface area contributed by atoms with Crippen LogP contribution in [0.3, 0.4) is 0 Å². The summed E-state index contributed by atoms with van der Waals surface area (Å²) in [6, 6.07) is 0. The number of unbranched alkanes of at least 4 members (excludes halogenated alkanes) is 5. The number of aliphatic carboxylic acids is 1. The second kappa shape index (κ2) is 7.65. The van der Waals surface area contributed by atoms with Gasteiger partial charge in [0.05, 0.1) is 0 Å². The van der Waals surface area contributed by atoms with Gasteiger partial charge in [0.15, 0.2) is 5.76 Å². The summed E-state index contributed by atoms with van der Waals surface area (Å²) in [5.41, 5.74) is 0. The van der Waals surface area contributed by atoms with Crippen LogP contribution in [-0.4, -0.2) is 16.2 Å². The van der Waals surface area contributed by atoms with E-state index in [0.717, 1.165) is 12.8 Å². The van der Waals surface area contributed by atoms with Gasteiger partial charge in [0.1, 0.15) is 0 Å². The standard InChI is InChI=1S/C10H18O3/c1-2-3-4-5-6-7-8-9(11)10(12)13/h8,11H,2-7H2,1H3,(H,12,13)/b9-8+. The van der Waals surface area contributed by atoms with Crippen molar-refractivity contribution in [1.29, 1.82) is 0 Å². The van der Waals surface area contributed by atoms with Crippen LogP contribution in [-0.2, 0) is 4.79 Å². The lowest BCUT2D eigenvalue weighted by atomic mass is 10.1. The summed E-state index contributed by atoms with van der Waals surface area (Å²) < 4.78 is 0. The van der Waals surface area contributed by atoms with Crippen molar-refractivity contribution >= 4 is 5.97 Å². The summed E-state index contributed by atoms with van der Waals surface area (Å²) in [6.07, 6.45) is 7.72. The van der Waals surface area contributed by atoms with Gasteiger partial charge in [0, 0.05) is 0 Å². The van der Waals surface area contributed by atoms with Gasteiger partial charge in [0.25, 0.3) is 0 Å². The number of allylic oxidation sites excluding steroid dienone is 1. The normalized spacial score (nSPS) is 11.6. The summed E-state index contributed by atoms with van der Waals surface area (Å²) in [5.74, 6) is -1.77. The molecule has 0 aliphatic heterocycles. The van der Waals surface area contributed by atoms with Crippen LogP contribution in [0.4, 0.5) is 0 Å². The molecule has 0 unspecified atom stereocenters. The Kier molecular flexibility index (Phi) is 7.07. The third kappa shape index (κ3) is 7.37. The molecule has 0 amide bonds. The molecule has 3 heteroatoms. The molecule has 0 rings (SSSR count). The molecule has 0 aliphatic rings. The zero-order valence-corrected chi connectivity index (χ0v) is 8.12. The minimum Gasteiger partial charge on any atom is -0.502 e. The van der Waals surface area contributed by atoms with E-state index < -0.39 is 11.7 Å². The molecule has 0 saturated carbocycles. The Balaban J connectivity index is 3.34. The summed E-state index contributed by atoms with van der Waals surface area (Å²) >= 11 is 0. The van der Waals surface area contributed by atoms with Gasteiger partial charge in [-0.2, -0.15) is 0 Å². The van der Waals surface area contributed by atoms with Crippen LogP contribution >= 0.6 is 0 Å². The maximum atomic E-state index is 10.1. The van der Waals surface area contributed by atoms with Crippen molar-refractivity contribution in [3.05, 3.63) is 11.8 Å². The number of rotatable bonds is 7. The molecular formula is C10H18O3. The second-order valence-electron chi connectivity index (χ2n) is 3.10. The van der Waals surface area contributed by atoms with E-state index in [1.165, 1.54) is 25.3 Å². The smallest absolute Gasteiger partial charge is 0.370 e. The van der Waals surface area contributed by atoms with Crippen LogP contribution in [0.25, 0.3) is 0 Å². The fourth-order valence-corrected chi connectivity index (χ4v) is 1.07. The topological polar surface area (TPSA) is 57.5 Å². The van der Waals surface area contributed by atoms with Crippen molar-refractivity contribution < 1.29 is 15.0 Å². The van der Waals surface area contributed by atoms with Crippen molar-refractivity contribution in [2.45, 2.75) is 45.4 Å². The van der Waals surface area contributed by atoms with Crippen molar-refractivity contribution in [1.82, 2.24) is 0 Å². The molecule has 0 fully saturated rings. The third-order valence-electron chi connectivity index (χ3n) is 1.86. The average molecular weight is 186 g/mol. The van der Waals surface area contributed by atoms with Gasteiger partial charge in [-0.1, -0.05) is 32.6 Å². The highest BCUT2D eigenvalue weighted by atomic mass is 16.4. The molecule has 0 radical (unpaired) electrons. The molecule has 0 saturated heterocycles. The number of aliphatic hydroxyl groups excluding tert-OH is 1. The van der Waals surface area contributed by atoms with E-state index in [2.05, 4.69) is 6.92 Å². The summed E-state index contributed by atoms with van der Waals surface area (Å²) in [6.45, 7) is 2.15. The first kappa shape index (κ1) is 12.0. The first-order valence-corrected chi connectivity index (χ1v) is 4.81. The summed E-state index contributed by atoms with van der Waals surface area (Å²) in [4.78, 5) is 10.1. The molecule has 76 valence electrons. The maximum absolute atomic E-state index is 10.1. The fourth-order valence-electron chi connectivity index (χ4n) is 1.07. The van der Waals surface area contributed by atoms with Crippen molar-refractivity contribution in [2.75, 3.05) is 0 Å². The number of carboxylic acids is 1. The average Bonchev–Trinajstić information content (AvgIpc) is 2.10. The van der Waals surface area contributed by atoms with Gasteiger partial charge in [-0.25, -0.2) is 4.79 Å². The molecule has 0 aromatic carbocycles. The van der Waals surface area contributed by atoms with E-state index in [-0.39, 0.29) is 0 Å². The first-order valence-electron chi connectivity index (χ1n) is 4.81. The Morgan fingerprint density at radius 3 is 2.31 bits per heavy atom. The quantitative estimate of drug-likeness (QED) is 0.365. The molecule has 2 N–H and O–H groups in total.